The highest BCUT2D eigenvalue weighted by atomic mass is 16.3. The molecule has 6 nitrogen and oxygen atoms in total. The monoisotopic (exact) mass is 339 g/mol. The van der Waals surface area contributed by atoms with E-state index in [4.69, 9.17) is 0 Å². The van der Waals surface area contributed by atoms with E-state index in [-0.39, 0.29) is 12.6 Å². The highest BCUT2D eigenvalue weighted by molar-refractivity contribution is 5.53. The molecule has 1 N–H and O–H groups in total. The number of piperazine rings is 1. The summed E-state index contributed by atoms with van der Waals surface area (Å²) >= 11 is 0. The van der Waals surface area contributed by atoms with E-state index in [1.54, 1.807) is 6.33 Å². The van der Waals surface area contributed by atoms with Gasteiger partial charge in [0, 0.05) is 44.5 Å². The van der Waals surface area contributed by atoms with Crippen molar-refractivity contribution >= 4 is 17.3 Å². The summed E-state index contributed by atoms with van der Waals surface area (Å²) in [5.74, 6) is 1.92. The third kappa shape index (κ3) is 3.39. The Morgan fingerprint density at radius 3 is 2.40 bits per heavy atom. The molecule has 0 radical (unpaired) electrons. The van der Waals surface area contributed by atoms with E-state index < -0.39 is 0 Å². The zero-order chi connectivity index (χ0) is 17.1. The van der Waals surface area contributed by atoms with Crippen molar-refractivity contribution in [2.75, 3.05) is 54.0 Å². The second-order valence-corrected chi connectivity index (χ2v) is 6.72. The molecule has 0 unspecified atom stereocenters. The Hall–Kier alpha value is -2.34. The Morgan fingerprint density at radius 2 is 1.64 bits per heavy atom. The molecule has 2 fully saturated rings. The lowest BCUT2D eigenvalue weighted by molar-refractivity contribution is 0.266. The Morgan fingerprint density at radius 1 is 0.920 bits per heavy atom. The van der Waals surface area contributed by atoms with Gasteiger partial charge in [0.2, 0.25) is 0 Å². The predicted octanol–water partition coefficient (Wildman–Crippen LogP) is 1.76. The molecule has 2 saturated heterocycles. The van der Waals surface area contributed by atoms with E-state index >= 15 is 0 Å². The van der Waals surface area contributed by atoms with Gasteiger partial charge in [-0.25, -0.2) is 9.97 Å². The van der Waals surface area contributed by atoms with Gasteiger partial charge in [-0.1, -0.05) is 18.2 Å². The number of aliphatic hydroxyl groups is 1. The third-order valence-electron chi connectivity index (χ3n) is 5.25. The van der Waals surface area contributed by atoms with Crippen molar-refractivity contribution in [1.29, 1.82) is 0 Å². The Labute approximate surface area is 148 Å². The van der Waals surface area contributed by atoms with Crippen molar-refractivity contribution in [2.24, 2.45) is 0 Å². The lowest BCUT2D eigenvalue weighted by Crippen LogP contribution is -2.47. The fraction of sp³-hybridized carbons (Fsp3) is 0.474. The summed E-state index contributed by atoms with van der Waals surface area (Å²) in [7, 11) is 0. The summed E-state index contributed by atoms with van der Waals surface area (Å²) in [5, 5.41) is 9.55. The van der Waals surface area contributed by atoms with Crippen LogP contribution in [0.2, 0.25) is 0 Å². The van der Waals surface area contributed by atoms with Gasteiger partial charge >= 0.3 is 0 Å². The molecule has 2 aromatic rings. The molecule has 25 heavy (non-hydrogen) atoms. The molecule has 0 aliphatic carbocycles. The van der Waals surface area contributed by atoms with Crippen molar-refractivity contribution in [3.8, 4) is 0 Å². The van der Waals surface area contributed by atoms with Crippen LogP contribution in [0.4, 0.5) is 17.3 Å². The standard InChI is InChI=1S/C19H25N5O/c25-14-17-7-4-8-24(17)19-13-18(20-15-21-19)23-11-9-22(10-12-23)16-5-2-1-3-6-16/h1-3,5-6,13,15,17,25H,4,7-12,14H2/t17-/m1/s1. The summed E-state index contributed by atoms with van der Waals surface area (Å²) in [5.41, 5.74) is 1.29. The average Bonchev–Trinajstić information content (AvgIpc) is 3.18. The van der Waals surface area contributed by atoms with Crippen LogP contribution in [0.25, 0.3) is 0 Å². The van der Waals surface area contributed by atoms with Crippen LogP contribution in [0.5, 0.6) is 0 Å². The van der Waals surface area contributed by atoms with Gasteiger partial charge < -0.3 is 19.8 Å². The number of nitrogens with zero attached hydrogens (tertiary/aromatic N) is 5. The van der Waals surface area contributed by atoms with Crippen LogP contribution in [0.1, 0.15) is 12.8 Å². The minimum atomic E-state index is 0.190. The molecule has 132 valence electrons. The van der Waals surface area contributed by atoms with Gasteiger partial charge in [0.15, 0.2) is 0 Å². The maximum Gasteiger partial charge on any atom is 0.134 e. The van der Waals surface area contributed by atoms with Crippen molar-refractivity contribution in [1.82, 2.24) is 9.97 Å². The first-order valence-corrected chi connectivity index (χ1v) is 9.09. The van der Waals surface area contributed by atoms with Gasteiger partial charge in [0.05, 0.1) is 12.6 Å². The van der Waals surface area contributed by atoms with E-state index in [9.17, 15) is 5.11 Å². The van der Waals surface area contributed by atoms with Crippen LogP contribution in [0.15, 0.2) is 42.7 Å². The van der Waals surface area contributed by atoms with Crippen LogP contribution < -0.4 is 14.7 Å². The number of hydrogen-bond donors (Lipinski definition) is 1. The summed E-state index contributed by atoms with van der Waals surface area (Å²) in [4.78, 5) is 15.9. The van der Waals surface area contributed by atoms with Crippen molar-refractivity contribution in [2.45, 2.75) is 18.9 Å². The zero-order valence-electron chi connectivity index (χ0n) is 14.5. The molecule has 6 heteroatoms. The molecule has 2 aliphatic heterocycles. The molecule has 0 amide bonds. The lowest BCUT2D eigenvalue weighted by Gasteiger charge is -2.37. The Balaban J connectivity index is 1.44. The molecule has 1 aromatic heterocycles. The van der Waals surface area contributed by atoms with E-state index in [0.29, 0.717) is 0 Å². The molecule has 3 heterocycles. The largest absolute Gasteiger partial charge is 0.394 e. The molecule has 1 atom stereocenters. The van der Waals surface area contributed by atoms with Gasteiger partial charge in [0.25, 0.3) is 0 Å². The van der Waals surface area contributed by atoms with Crippen LogP contribution in [0, 0.1) is 0 Å². The zero-order valence-corrected chi connectivity index (χ0v) is 14.5. The quantitative estimate of drug-likeness (QED) is 0.916. The number of para-hydroxylation sites is 1. The number of benzene rings is 1. The molecular weight excluding hydrogens is 314 g/mol. The minimum absolute atomic E-state index is 0.190. The number of anilines is 3. The molecule has 2 aliphatic rings. The van der Waals surface area contributed by atoms with Crippen molar-refractivity contribution < 1.29 is 5.11 Å². The second-order valence-electron chi connectivity index (χ2n) is 6.72. The smallest absolute Gasteiger partial charge is 0.134 e. The fourth-order valence-corrected chi connectivity index (χ4v) is 3.83. The van der Waals surface area contributed by atoms with Crippen LogP contribution >= 0.6 is 0 Å². The summed E-state index contributed by atoms with van der Waals surface area (Å²) in [6.45, 7) is 5.04. The van der Waals surface area contributed by atoms with Gasteiger partial charge in [-0.15, -0.1) is 0 Å². The number of rotatable bonds is 4. The van der Waals surface area contributed by atoms with Gasteiger partial charge in [0.1, 0.15) is 18.0 Å². The predicted molar refractivity (Wildman–Crippen MR) is 100 cm³/mol. The van der Waals surface area contributed by atoms with E-state index in [0.717, 1.165) is 57.2 Å². The highest BCUT2D eigenvalue weighted by Crippen LogP contribution is 2.26. The first-order valence-electron chi connectivity index (χ1n) is 9.09. The van der Waals surface area contributed by atoms with Gasteiger partial charge in [-0.2, -0.15) is 0 Å². The third-order valence-corrected chi connectivity index (χ3v) is 5.25. The molecule has 1 aromatic carbocycles. The molecule has 0 saturated carbocycles. The highest BCUT2D eigenvalue weighted by Gasteiger charge is 2.26. The van der Waals surface area contributed by atoms with Gasteiger partial charge in [-0.3, -0.25) is 0 Å². The summed E-state index contributed by atoms with van der Waals surface area (Å²) in [6, 6.07) is 12.8. The topological polar surface area (TPSA) is 55.7 Å². The number of hydrogen-bond acceptors (Lipinski definition) is 6. The summed E-state index contributed by atoms with van der Waals surface area (Å²) < 4.78 is 0. The Bertz CT molecular complexity index is 687. The van der Waals surface area contributed by atoms with E-state index in [1.807, 2.05) is 0 Å². The first-order chi connectivity index (χ1) is 12.3. The maximum atomic E-state index is 9.55. The van der Waals surface area contributed by atoms with Crippen LogP contribution in [-0.4, -0.2) is 60.4 Å². The first kappa shape index (κ1) is 16.1. The SMILES string of the molecule is OC[C@H]1CCCN1c1cc(N2CCN(c3ccccc3)CC2)ncn1. The van der Waals surface area contributed by atoms with Crippen LogP contribution in [-0.2, 0) is 0 Å². The minimum Gasteiger partial charge on any atom is -0.394 e. The number of aliphatic hydroxyl groups excluding tert-OH is 1. The Kier molecular flexibility index (Phi) is 4.70. The molecular formula is C19H25N5O. The fourth-order valence-electron chi connectivity index (χ4n) is 3.83. The van der Waals surface area contributed by atoms with Crippen molar-refractivity contribution in [3.05, 3.63) is 42.7 Å². The second kappa shape index (κ2) is 7.27. The van der Waals surface area contributed by atoms with Crippen molar-refractivity contribution in [3.63, 3.8) is 0 Å². The molecule has 0 bridgehead atoms. The van der Waals surface area contributed by atoms with E-state index in [2.05, 4.69) is 61.1 Å². The lowest BCUT2D eigenvalue weighted by atomic mass is 10.2. The van der Waals surface area contributed by atoms with E-state index in [1.165, 1.54) is 5.69 Å². The maximum absolute atomic E-state index is 9.55. The summed E-state index contributed by atoms with van der Waals surface area (Å²) in [6.07, 6.45) is 3.80. The normalized spacial score (nSPS) is 21.0. The number of aromatic nitrogens is 2. The molecule has 0 spiro atoms. The van der Waals surface area contributed by atoms with Gasteiger partial charge in [-0.05, 0) is 25.0 Å². The van der Waals surface area contributed by atoms with Crippen LogP contribution in [0.3, 0.4) is 0 Å². The molecule has 4 rings (SSSR count). The average molecular weight is 339 g/mol.